The summed E-state index contributed by atoms with van der Waals surface area (Å²) in [5.41, 5.74) is 1.48. The zero-order valence-electron chi connectivity index (χ0n) is 15.3. The SMILES string of the molecule is O=C(Nc1ccc(C(=O)Nc2ccc3c(c2)OCO3)cc1)N[C@H]1CCS(=O)(=O)C1. The monoisotopic (exact) mass is 417 g/mol. The molecule has 152 valence electrons. The van der Waals surface area contributed by atoms with E-state index in [9.17, 15) is 18.0 Å². The average Bonchev–Trinajstić information content (AvgIpc) is 3.27. The van der Waals surface area contributed by atoms with Crippen LogP contribution in [0.25, 0.3) is 0 Å². The van der Waals surface area contributed by atoms with Gasteiger partial charge in [0.2, 0.25) is 6.79 Å². The van der Waals surface area contributed by atoms with Crippen LogP contribution >= 0.6 is 0 Å². The fraction of sp³-hybridized carbons (Fsp3) is 0.263. The minimum absolute atomic E-state index is 0.0423. The molecule has 1 saturated heterocycles. The minimum atomic E-state index is -3.06. The molecule has 29 heavy (non-hydrogen) atoms. The third-order valence-electron chi connectivity index (χ3n) is 4.60. The molecule has 0 unspecified atom stereocenters. The molecule has 10 heteroatoms. The standard InChI is InChI=1S/C19H19N3O6S/c23-18(20-14-5-6-16-17(9-14)28-11-27-16)12-1-3-13(4-2-12)21-19(24)22-15-7-8-29(25,26)10-15/h1-6,9,15H,7-8,10-11H2,(H,20,23)(H2,21,22,24)/t15-/m0/s1. The predicted molar refractivity (Wildman–Crippen MR) is 106 cm³/mol. The Morgan fingerprint density at radius 1 is 0.931 bits per heavy atom. The summed E-state index contributed by atoms with van der Waals surface area (Å²) in [4.78, 5) is 24.4. The number of hydrogen-bond acceptors (Lipinski definition) is 6. The number of benzene rings is 2. The molecule has 0 aliphatic carbocycles. The van der Waals surface area contributed by atoms with Gasteiger partial charge in [-0.25, -0.2) is 13.2 Å². The van der Waals surface area contributed by atoms with E-state index in [2.05, 4.69) is 16.0 Å². The summed E-state index contributed by atoms with van der Waals surface area (Å²) in [6.45, 7) is 0.158. The number of carbonyl (C=O) groups excluding carboxylic acids is 2. The maximum Gasteiger partial charge on any atom is 0.319 e. The number of nitrogens with one attached hydrogen (secondary N) is 3. The number of sulfone groups is 1. The molecule has 0 aromatic heterocycles. The van der Waals surface area contributed by atoms with Crippen LogP contribution in [0.2, 0.25) is 0 Å². The van der Waals surface area contributed by atoms with Crippen LogP contribution in [0.3, 0.4) is 0 Å². The summed E-state index contributed by atoms with van der Waals surface area (Å²) in [6.07, 6.45) is 0.411. The highest BCUT2D eigenvalue weighted by Crippen LogP contribution is 2.34. The fourth-order valence-corrected chi connectivity index (χ4v) is 4.82. The Morgan fingerprint density at radius 2 is 1.66 bits per heavy atom. The molecule has 1 fully saturated rings. The summed E-state index contributed by atoms with van der Waals surface area (Å²) in [5.74, 6) is 0.941. The molecule has 0 radical (unpaired) electrons. The molecule has 3 N–H and O–H groups in total. The lowest BCUT2D eigenvalue weighted by Crippen LogP contribution is -2.38. The summed E-state index contributed by atoms with van der Waals surface area (Å²) in [6, 6.07) is 10.6. The van der Waals surface area contributed by atoms with Crippen molar-refractivity contribution in [2.45, 2.75) is 12.5 Å². The van der Waals surface area contributed by atoms with Gasteiger partial charge in [-0.2, -0.15) is 0 Å². The third-order valence-corrected chi connectivity index (χ3v) is 6.37. The average molecular weight is 417 g/mol. The van der Waals surface area contributed by atoms with Crippen molar-refractivity contribution in [2.24, 2.45) is 0 Å². The Bertz CT molecular complexity index is 1050. The maximum atomic E-state index is 12.4. The second-order valence-corrected chi connectivity index (χ2v) is 9.03. The quantitative estimate of drug-likeness (QED) is 0.699. The first-order valence-corrected chi connectivity index (χ1v) is 10.8. The van der Waals surface area contributed by atoms with Gasteiger partial charge in [-0.15, -0.1) is 0 Å². The first kappa shape index (κ1) is 19.1. The number of anilines is 2. The summed E-state index contributed by atoms with van der Waals surface area (Å²) in [7, 11) is -3.06. The van der Waals surface area contributed by atoms with E-state index in [1.54, 1.807) is 42.5 Å². The first-order chi connectivity index (χ1) is 13.9. The number of amides is 3. The van der Waals surface area contributed by atoms with E-state index in [0.29, 0.717) is 34.9 Å². The third kappa shape index (κ3) is 4.60. The van der Waals surface area contributed by atoms with Gasteiger partial charge in [0.25, 0.3) is 5.91 Å². The smallest absolute Gasteiger partial charge is 0.319 e. The van der Waals surface area contributed by atoms with Crippen molar-refractivity contribution in [3.05, 3.63) is 48.0 Å². The Balaban J connectivity index is 1.32. The molecular formula is C19H19N3O6S. The number of fused-ring (bicyclic) bond motifs is 1. The summed E-state index contributed by atoms with van der Waals surface area (Å²) >= 11 is 0. The highest BCUT2D eigenvalue weighted by molar-refractivity contribution is 7.91. The second kappa shape index (κ2) is 7.63. The molecule has 9 nitrogen and oxygen atoms in total. The van der Waals surface area contributed by atoms with Crippen molar-refractivity contribution >= 4 is 33.2 Å². The molecule has 0 spiro atoms. The Labute approximate surface area is 167 Å². The number of carbonyl (C=O) groups is 2. The highest BCUT2D eigenvalue weighted by Gasteiger charge is 2.28. The molecule has 0 saturated carbocycles. The van der Waals surface area contributed by atoms with Gasteiger partial charge >= 0.3 is 6.03 Å². The van der Waals surface area contributed by atoms with Crippen LogP contribution < -0.4 is 25.4 Å². The first-order valence-electron chi connectivity index (χ1n) is 8.97. The van der Waals surface area contributed by atoms with E-state index in [1.807, 2.05) is 0 Å². The lowest BCUT2D eigenvalue weighted by atomic mass is 10.2. The van der Waals surface area contributed by atoms with Crippen LogP contribution in [0.4, 0.5) is 16.2 Å². The molecule has 4 rings (SSSR count). The molecule has 3 amide bonds. The number of ether oxygens (including phenoxy) is 2. The van der Waals surface area contributed by atoms with Gasteiger partial charge in [-0.3, -0.25) is 4.79 Å². The van der Waals surface area contributed by atoms with E-state index >= 15 is 0 Å². The fourth-order valence-electron chi connectivity index (χ4n) is 3.14. The van der Waals surface area contributed by atoms with E-state index in [0.717, 1.165) is 0 Å². The van der Waals surface area contributed by atoms with Gasteiger partial charge in [0.1, 0.15) is 0 Å². The largest absolute Gasteiger partial charge is 0.454 e. The van der Waals surface area contributed by atoms with Gasteiger partial charge in [-0.1, -0.05) is 0 Å². The molecule has 2 aliphatic rings. The van der Waals surface area contributed by atoms with Crippen LogP contribution in [0, 0.1) is 0 Å². The molecule has 1 atom stereocenters. The molecule has 2 aliphatic heterocycles. The van der Waals surface area contributed by atoms with Crippen LogP contribution in [0.15, 0.2) is 42.5 Å². The van der Waals surface area contributed by atoms with Crippen molar-refractivity contribution in [2.75, 3.05) is 28.9 Å². The van der Waals surface area contributed by atoms with Crippen LogP contribution in [-0.2, 0) is 9.84 Å². The van der Waals surface area contributed by atoms with Crippen molar-refractivity contribution in [1.29, 1.82) is 0 Å². The Kier molecular flexibility index (Phi) is 5.01. The van der Waals surface area contributed by atoms with E-state index < -0.39 is 15.9 Å². The van der Waals surface area contributed by atoms with E-state index in [1.165, 1.54) is 0 Å². The maximum absolute atomic E-state index is 12.4. The minimum Gasteiger partial charge on any atom is -0.454 e. The molecule has 2 aromatic rings. The zero-order valence-corrected chi connectivity index (χ0v) is 16.1. The van der Waals surface area contributed by atoms with Crippen molar-refractivity contribution < 1.29 is 27.5 Å². The number of hydrogen-bond donors (Lipinski definition) is 3. The summed E-state index contributed by atoms with van der Waals surface area (Å²) in [5, 5.41) is 8.05. The predicted octanol–water partition coefficient (Wildman–Crippen LogP) is 1.98. The molecule has 2 aromatic carbocycles. The Hall–Kier alpha value is -3.27. The van der Waals surface area contributed by atoms with Crippen molar-refractivity contribution in [3.8, 4) is 11.5 Å². The Morgan fingerprint density at radius 3 is 2.38 bits per heavy atom. The molecular weight excluding hydrogens is 398 g/mol. The van der Waals surface area contributed by atoms with Crippen LogP contribution in [-0.4, -0.2) is 44.7 Å². The van der Waals surface area contributed by atoms with Crippen molar-refractivity contribution in [1.82, 2.24) is 5.32 Å². The van der Waals surface area contributed by atoms with Crippen LogP contribution in [0.5, 0.6) is 11.5 Å². The molecule has 2 heterocycles. The second-order valence-electron chi connectivity index (χ2n) is 6.80. The van der Waals surface area contributed by atoms with Gasteiger partial charge in [-0.05, 0) is 42.8 Å². The van der Waals surface area contributed by atoms with Crippen LogP contribution in [0.1, 0.15) is 16.8 Å². The van der Waals surface area contributed by atoms with Gasteiger partial charge in [0.15, 0.2) is 21.3 Å². The summed E-state index contributed by atoms with van der Waals surface area (Å²) < 4.78 is 33.4. The van der Waals surface area contributed by atoms with Gasteiger partial charge in [0, 0.05) is 29.0 Å². The van der Waals surface area contributed by atoms with E-state index in [-0.39, 0.29) is 30.2 Å². The number of urea groups is 1. The zero-order chi connectivity index (χ0) is 20.4. The lowest BCUT2D eigenvalue weighted by Gasteiger charge is -2.12. The topological polar surface area (TPSA) is 123 Å². The normalized spacial score (nSPS) is 18.8. The highest BCUT2D eigenvalue weighted by atomic mass is 32.2. The van der Waals surface area contributed by atoms with Crippen molar-refractivity contribution in [3.63, 3.8) is 0 Å². The number of rotatable bonds is 4. The van der Waals surface area contributed by atoms with Gasteiger partial charge < -0.3 is 25.4 Å². The molecule has 0 bridgehead atoms. The van der Waals surface area contributed by atoms with E-state index in [4.69, 9.17) is 9.47 Å². The lowest BCUT2D eigenvalue weighted by molar-refractivity contribution is 0.102. The van der Waals surface area contributed by atoms with Gasteiger partial charge in [0.05, 0.1) is 11.5 Å².